The van der Waals surface area contributed by atoms with E-state index in [9.17, 15) is 15.0 Å². The Kier molecular flexibility index (Phi) is 3.04. The fraction of sp³-hybridized carbons (Fsp3) is 0.0714. The summed E-state index contributed by atoms with van der Waals surface area (Å²) in [7, 11) is 0. The summed E-state index contributed by atoms with van der Waals surface area (Å²) in [5.41, 5.74) is 4.59. The number of carboxylic acids is 1. The number of carboxylic acid groups (broad SMARTS) is 1. The molecule has 2 aromatic rings. The minimum Gasteiger partial charge on any atom is -0.479 e. The Bertz CT molecular complexity index is 551. The Hall–Kier alpha value is -2.33. The molecule has 2 rings (SSSR count). The van der Waals surface area contributed by atoms with Crippen molar-refractivity contribution in [3.05, 3.63) is 65.7 Å². The molecule has 0 aliphatic carbocycles. The molecule has 2 aromatic carbocycles. The van der Waals surface area contributed by atoms with Gasteiger partial charge in [-0.05, 0) is 23.3 Å². The van der Waals surface area contributed by atoms with Crippen LogP contribution in [0.2, 0.25) is 0 Å². The van der Waals surface area contributed by atoms with Crippen LogP contribution in [0.15, 0.2) is 54.6 Å². The molecule has 0 aliphatic rings. The molecule has 0 bridgehead atoms. The number of nitrogen functional groups attached to an aromatic ring is 1. The van der Waals surface area contributed by atoms with Gasteiger partial charge in [-0.25, -0.2) is 4.79 Å². The van der Waals surface area contributed by atoms with Crippen molar-refractivity contribution in [1.29, 1.82) is 0 Å². The van der Waals surface area contributed by atoms with Crippen molar-refractivity contribution < 1.29 is 15.0 Å². The topological polar surface area (TPSA) is 83.5 Å². The highest BCUT2D eigenvalue weighted by Crippen LogP contribution is 2.30. The lowest BCUT2D eigenvalue weighted by Crippen LogP contribution is -2.36. The quantitative estimate of drug-likeness (QED) is 0.715. The molecule has 92 valence electrons. The zero-order valence-corrected chi connectivity index (χ0v) is 9.58. The zero-order chi connectivity index (χ0) is 13.2. The second-order valence-corrected chi connectivity index (χ2v) is 4.00. The SMILES string of the molecule is Nc1ccc([C@@](O)(C(=O)O)c2ccccc2)cc1. The van der Waals surface area contributed by atoms with Gasteiger partial charge in [0.15, 0.2) is 0 Å². The number of hydrogen-bond donors (Lipinski definition) is 3. The predicted molar refractivity (Wildman–Crippen MR) is 67.9 cm³/mol. The summed E-state index contributed by atoms with van der Waals surface area (Å²) < 4.78 is 0. The van der Waals surface area contributed by atoms with Gasteiger partial charge in [0, 0.05) is 5.69 Å². The van der Waals surface area contributed by atoms with Crippen molar-refractivity contribution in [1.82, 2.24) is 0 Å². The number of nitrogens with two attached hydrogens (primary N) is 1. The van der Waals surface area contributed by atoms with Crippen LogP contribution in [0.5, 0.6) is 0 Å². The summed E-state index contributed by atoms with van der Waals surface area (Å²) in [6, 6.07) is 14.4. The van der Waals surface area contributed by atoms with E-state index in [1.54, 1.807) is 42.5 Å². The van der Waals surface area contributed by atoms with Gasteiger partial charge in [0.05, 0.1) is 0 Å². The molecule has 0 radical (unpaired) electrons. The van der Waals surface area contributed by atoms with Crippen LogP contribution < -0.4 is 5.73 Å². The third-order valence-electron chi connectivity index (χ3n) is 2.83. The lowest BCUT2D eigenvalue weighted by atomic mass is 9.86. The van der Waals surface area contributed by atoms with Crippen LogP contribution in [0.4, 0.5) is 5.69 Å². The van der Waals surface area contributed by atoms with Crippen molar-refractivity contribution in [3.8, 4) is 0 Å². The fourth-order valence-corrected chi connectivity index (χ4v) is 1.82. The van der Waals surface area contributed by atoms with Crippen molar-refractivity contribution >= 4 is 11.7 Å². The maximum Gasteiger partial charge on any atom is 0.345 e. The molecule has 0 unspecified atom stereocenters. The maximum atomic E-state index is 11.4. The minimum absolute atomic E-state index is 0.274. The highest BCUT2D eigenvalue weighted by molar-refractivity contribution is 5.83. The van der Waals surface area contributed by atoms with Gasteiger partial charge in [0.2, 0.25) is 5.60 Å². The molecule has 0 aromatic heterocycles. The van der Waals surface area contributed by atoms with Gasteiger partial charge in [0.1, 0.15) is 0 Å². The van der Waals surface area contributed by atoms with Crippen LogP contribution in [0.3, 0.4) is 0 Å². The normalized spacial score (nSPS) is 13.8. The summed E-state index contributed by atoms with van der Waals surface area (Å²) in [5.74, 6) is -1.32. The van der Waals surface area contributed by atoms with E-state index in [0.717, 1.165) is 0 Å². The van der Waals surface area contributed by atoms with Crippen molar-refractivity contribution in [3.63, 3.8) is 0 Å². The van der Waals surface area contributed by atoms with Gasteiger partial charge in [-0.3, -0.25) is 0 Å². The third-order valence-corrected chi connectivity index (χ3v) is 2.83. The van der Waals surface area contributed by atoms with Crippen LogP contribution in [0.25, 0.3) is 0 Å². The highest BCUT2D eigenvalue weighted by atomic mass is 16.4. The van der Waals surface area contributed by atoms with Crippen LogP contribution in [0.1, 0.15) is 11.1 Å². The number of aliphatic carboxylic acids is 1. The van der Waals surface area contributed by atoms with E-state index >= 15 is 0 Å². The van der Waals surface area contributed by atoms with Crippen LogP contribution in [-0.2, 0) is 10.4 Å². The fourth-order valence-electron chi connectivity index (χ4n) is 1.82. The van der Waals surface area contributed by atoms with E-state index in [4.69, 9.17) is 5.73 Å². The molecule has 0 amide bonds. The van der Waals surface area contributed by atoms with Gasteiger partial charge in [-0.15, -0.1) is 0 Å². The first-order valence-electron chi connectivity index (χ1n) is 5.42. The first kappa shape index (κ1) is 12.1. The number of aliphatic hydroxyl groups is 1. The van der Waals surface area contributed by atoms with E-state index in [0.29, 0.717) is 11.3 Å². The van der Waals surface area contributed by atoms with Gasteiger partial charge >= 0.3 is 5.97 Å². The number of carbonyl (C=O) groups is 1. The molecule has 0 heterocycles. The Labute approximate surface area is 104 Å². The molecule has 1 atom stereocenters. The Morgan fingerprint density at radius 2 is 1.44 bits per heavy atom. The van der Waals surface area contributed by atoms with Gasteiger partial charge in [-0.2, -0.15) is 0 Å². The summed E-state index contributed by atoms with van der Waals surface area (Å²) in [4.78, 5) is 11.4. The Balaban J connectivity index is 2.58. The van der Waals surface area contributed by atoms with E-state index in [1.165, 1.54) is 12.1 Å². The third kappa shape index (κ3) is 1.94. The van der Waals surface area contributed by atoms with Gasteiger partial charge in [0.25, 0.3) is 0 Å². The average molecular weight is 243 g/mol. The van der Waals surface area contributed by atoms with Crippen LogP contribution in [-0.4, -0.2) is 16.2 Å². The summed E-state index contributed by atoms with van der Waals surface area (Å²) in [6.07, 6.45) is 0. The molecule has 4 N–H and O–H groups in total. The number of hydrogen-bond acceptors (Lipinski definition) is 3. The second-order valence-electron chi connectivity index (χ2n) is 4.00. The van der Waals surface area contributed by atoms with Crippen molar-refractivity contribution in [2.45, 2.75) is 5.60 Å². The standard InChI is InChI=1S/C14H13NO3/c15-12-8-6-11(7-9-12)14(18,13(16)17)10-4-2-1-3-5-10/h1-9,18H,15H2,(H,16,17)/t14-/m1/s1. The van der Waals surface area contributed by atoms with Gasteiger partial charge in [-0.1, -0.05) is 42.5 Å². The molecular formula is C14H13NO3. The molecule has 18 heavy (non-hydrogen) atoms. The van der Waals surface area contributed by atoms with E-state index < -0.39 is 11.6 Å². The molecule has 4 nitrogen and oxygen atoms in total. The number of benzene rings is 2. The van der Waals surface area contributed by atoms with E-state index in [2.05, 4.69) is 0 Å². The molecule has 0 aliphatic heterocycles. The van der Waals surface area contributed by atoms with Crippen molar-refractivity contribution in [2.24, 2.45) is 0 Å². The lowest BCUT2D eigenvalue weighted by molar-refractivity contribution is -0.155. The smallest absolute Gasteiger partial charge is 0.345 e. The number of anilines is 1. The van der Waals surface area contributed by atoms with Crippen LogP contribution in [0, 0.1) is 0 Å². The van der Waals surface area contributed by atoms with E-state index in [-0.39, 0.29) is 5.56 Å². The van der Waals surface area contributed by atoms with E-state index in [1.807, 2.05) is 0 Å². The summed E-state index contributed by atoms with van der Waals surface area (Å²) in [5, 5.41) is 19.8. The molecule has 0 saturated carbocycles. The number of rotatable bonds is 3. The summed E-state index contributed by atoms with van der Waals surface area (Å²) in [6.45, 7) is 0. The Morgan fingerprint density at radius 1 is 0.944 bits per heavy atom. The second kappa shape index (κ2) is 4.50. The summed E-state index contributed by atoms with van der Waals surface area (Å²) >= 11 is 0. The maximum absolute atomic E-state index is 11.4. The predicted octanol–water partition coefficient (Wildman–Crippen LogP) is 1.59. The monoisotopic (exact) mass is 243 g/mol. The van der Waals surface area contributed by atoms with Gasteiger partial charge < -0.3 is 15.9 Å². The first-order valence-corrected chi connectivity index (χ1v) is 5.42. The highest BCUT2D eigenvalue weighted by Gasteiger charge is 2.39. The molecule has 0 spiro atoms. The minimum atomic E-state index is -2.06. The van der Waals surface area contributed by atoms with Crippen LogP contribution >= 0.6 is 0 Å². The molecule has 0 fully saturated rings. The Morgan fingerprint density at radius 3 is 1.94 bits per heavy atom. The zero-order valence-electron chi connectivity index (χ0n) is 9.58. The molecule has 0 saturated heterocycles. The molecule has 4 heteroatoms. The lowest BCUT2D eigenvalue weighted by Gasteiger charge is -2.24. The average Bonchev–Trinajstić information content (AvgIpc) is 2.39. The van der Waals surface area contributed by atoms with Crippen molar-refractivity contribution in [2.75, 3.05) is 5.73 Å². The first-order chi connectivity index (χ1) is 8.55. The largest absolute Gasteiger partial charge is 0.479 e. The molecular weight excluding hydrogens is 230 g/mol.